The second-order valence-electron chi connectivity index (χ2n) is 7.55. The molecule has 31 heavy (non-hydrogen) atoms. The van der Waals surface area contributed by atoms with Crippen molar-refractivity contribution in [2.45, 2.75) is 25.7 Å². The van der Waals surface area contributed by atoms with Crippen molar-refractivity contribution in [3.8, 4) is 0 Å². The van der Waals surface area contributed by atoms with Crippen LogP contribution in [0.15, 0.2) is 59.5 Å². The lowest BCUT2D eigenvalue weighted by Crippen LogP contribution is -2.27. The number of ketones is 1. The summed E-state index contributed by atoms with van der Waals surface area (Å²) in [5.74, 6) is 0.230. The first-order valence-corrected chi connectivity index (χ1v) is 10.1. The van der Waals surface area contributed by atoms with E-state index in [4.69, 9.17) is 0 Å². The van der Waals surface area contributed by atoms with Gasteiger partial charge in [-0.3, -0.25) is 18.8 Å². The summed E-state index contributed by atoms with van der Waals surface area (Å²) >= 11 is 0. The fourth-order valence-corrected chi connectivity index (χ4v) is 3.84. The number of rotatable bonds is 4. The molecule has 8 heteroatoms. The summed E-state index contributed by atoms with van der Waals surface area (Å²) in [6.45, 7) is 0. The molecule has 1 aliphatic rings. The van der Waals surface area contributed by atoms with Crippen molar-refractivity contribution >= 4 is 23.0 Å². The van der Waals surface area contributed by atoms with E-state index >= 15 is 0 Å². The van der Waals surface area contributed by atoms with E-state index in [2.05, 4.69) is 20.5 Å². The third-order valence-corrected chi connectivity index (χ3v) is 5.46. The number of hydrogen-bond donors (Lipinski definition) is 2. The number of aromatic amines is 1. The van der Waals surface area contributed by atoms with Gasteiger partial charge in [0.25, 0.3) is 11.5 Å². The number of aromatic nitrogens is 4. The first-order chi connectivity index (χ1) is 15.1. The molecule has 0 saturated carbocycles. The third-order valence-electron chi connectivity index (χ3n) is 5.46. The molecule has 0 fully saturated rings. The van der Waals surface area contributed by atoms with Crippen molar-refractivity contribution in [3.63, 3.8) is 0 Å². The van der Waals surface area contributed by atoms with Gasteiger partial charge in [0.1, 0.15) is 11.4 Å². The first-order valence-electron chi connectivity index (χ1n) is 10.1. The van der Waals surface area contributed by atoms with E-state index in [9.17, 15) is 14.4 Å². The lowest BCUT2D eigenvalue weighted by molar-refractivity contribution is 0.0971. The average Bonchev–Trinajstić information content (AvgIpc) is 3.18. The SMILES string of the molecule is O=C1CCCc2[nH]c(=O)c(C(=O)Nc3ccc(Cc4nnc5ccccn45)cc3)cc21. The Hall–Kier alpha value is -4.07. The monoisotopic (exact) mass is 413 g/mol. The summed E-state index contributed by atoms with van der Waals surface area (Å²) in [6.07, 6.45) is 4.29. The lowest BCUT2D eigenvalue weighted by Gasteiger charge is -2.15. The number of carbonyl (C=O) groups excluding carboxylic acids is 2. The quantitative estimate of drug-likeness (QED) is 0.535. The highest BCUT2D eigenvalue weighted by atomic mass is 16.2. The van der Waals surface area contributed by atoms with E-state index in [-0.39, 0.29) is 11.3 Å². The zero-order chi connectivity index (χ0) is 21.4. The topological polar surface area (TPSA) is 109 Å². The predicted molar refractivity (Wildman–Crippen MR) is 115 cm³/mol. The molecule has 1 aromatic carbocycles. The molecule has 5 rings (SSSR count). The number of nitrogens with one attached hydrogen (secondary N) is 2. The normalized spacial score (nSPS) is 13.2. The van der Waals surface area contributed by atoms with Crippen LogP contribution in [0.25, 0.3) is 5.65 Å². The van der Waals surface area contributed by atoms with Crippen LogP contribution in [0.4, 0.5) is 5.69 Å². The van der Waals surface area contributed by atoms with Gasteiger partial charge in [-0.2, -0.15) is 0 Å². The maximum Gasteiger partial charge on any atom is 0.261 e. The summed E-state index contributed by atoms with van der Waals surface area (Å²) in [5, 5.41) is 11.1. The van der Waals surface area contributed by atoms with Crippen LogP contribution in [0, 0.1) is 0 Å². The third kappa shape index (κ3) is 3.63. The van der Waals surface area contributed by atoms with Gasteiger partial charge in [0.2, 0.25) is 0 Å². The van der Waals surface area contributed by atoms with E-state index < -0.39 is 11.5 Å². The summed E-state index contributed by atoms with van der Waals surface area (Å²) in [7, 11) is 0. The van der Waals surface area contributed by atoms with Crippen LogP contribution < -0.4 is 10.9 Å². The van der Waals surface area contributed by atoms with Crippen molar-refractivity contribution in [2.75, 3.05) is 5.32 Å². The van der Waals surface area contributed by atoms with E-state index in [1.807, 2.05) is 40.9 Å². The van der Waals surface area contributed by atoms with Crippen LogP contribution in [0.1, 0.15) is 50.6 Å². The molecular formula is C23H19N5O3. The van der Waals surface area contributed by atoms with Gasteiger partial charge in [-0.05, 0) is 48.7 Å². The molecule has 0 aliphatic heterocycles. The van der Waals surface area contributed by atoms with Gasteiger partial charge >= 0.3 is 0 Å². The maximum atomic E-state index is 12.7. The largest absolute Gasteiger partial charge is 0.325 e. The Morgan fingerprint density at radius 2 is 1.90 bits per heavy atom. The van der Waals surface area contributed by atoms with Crippen molar-refractivity contribution in [1.29, 1.82) is 0 Å². The fraction of sp³-hybridized carbons (Fsp3) is 0.174. The van der Waals surface area contributed by atoms with Gasteiger partial charge in [-0.1, -0.05) is 18.2 Å². The molecule has 8 nitrogen and oxygen atoms in total. The molecule has 4 aromatic rings. The van der Waals surface area contributed by atoms with E-state index in [1.165, 1.54) is 6.07 Å². The number of carbonyl (C=O) groups is 2. The summed E-state index contributed by atoms with van der Waals surface area (Å²) in [5.41, 5.74) is 2.86. The van der Waals surface area contributed by atoms with Gasteiger partial charge < -0.3 is 10.3 Å². The molecule has 0 saturated heterocycles. The number of fused-ring (bicyclic) bond motifs is 2. The van der Waals surface area contributed by atoms with Gasteiger partial charge in [0.05, 0.1) is 0 Å². The minimum atomic E-state index is -0.543. The van der Waals surface area contributed by atoms with Crippen LogP contribution in [0.5, 0.6) is 0 Å². The molecule has 1 aliphatic carbocycles. The van der Waals surface area contributed by atoms with Crippen LogP contribution in [-0.4, -0.2) is 31.3 Å². The molecule has 1 amide bonds. The predicted octanol–water partition coefficient (Wildman–Crippen LogP) is 2.78. The van der Waals surface area contributed by atoms with Gasteiger partial charge in [-0.25, -0.2) is 0 Å². The number of H-pyrrole nitrogens is 1. The van der Waals surface area contributed by atoms with E-state index in [0.717, 1.165) is 17.0 Å². The number of Topliss-reactive ketones (excluding diaryl/α,β-unsaturated/α-hetero) is 1. The van der Waals surface area contributed by atoms with Crippen molar-refractivity contribution < 1.29 is 9.59 Å². The Morgan fingerprint density at radius 3 is 2.74 bits per heavy atom. The Bertz CT molecular complexity index is 1370. The van der Waals surface area contributed by atoms with Gasteiger partial charge in [-0.15, -0.1) is 10.2 Å². The molecule has 0 atom stereocenters. The van der Waals surface area contributed by atoms with Crippen molar-refractivity contribution in [2.24, 2.45) is 0 Å². The number of pyridine rings is 2. The highest BCUT2D eigenvalue weighted by Gasteiger charge is 2.22. The second-order valence-corrected chi connectivity index (χ2v) is 7.55. The highest BCUT2D eigenvalue weighted by molar-refractivity contribution is 6.06. The minimum absolute atomic E-state index is 0.0445. The number of nitrogens with zero attached hydrogens (tertiary/aromatic N) is 3. The number of benzene rings is 1. The van der Waals surface area contributed by atoms with E-state index in [1.54, 1.807) is 12.1 Å². The average molecular weight is 413 g/mol. The van der Waals surface area contributed by atoms with Crippen molar-refractivity contribution in [1.82, 2.24) is 19.6 Å². The standard InChI is InChI=1S/C23H19N5O3/c29-19-5-3-4-18-16(19)13-17(23(31)25-18)22(30)24-15-9-7-14(8-10-15)12-21-27-26-20-6-1-2-11-28(20)21/h1-2,6-11,13H,3-5,12H2,(H,24,30)(H,25,31). The minimum Gasteiger partial charge on any atom is -0.325 e. The number of hydrogen-bond acceptors (Lipinski definition) is 5. The maximum absolute atomic E-state index is 12.7. The molecule has 2 N–H and O–H groups in total. The molecule has 0 bridgehead atoms. The van der Waals surface area contributed by atoms with Crippen LogP contribution in [-0.2, 0) is 12.8 Å². The molecule has 3 aromatic heterocycles. The van der Waals surface area contributed by atoms with Gasteiger partial charge in [0.15, 0.2) is 11.4 Å². The molecule has 0 unspecified atom stereocenters. The summed E-state index contributed by atoms with van der Waals surface area (Å²) in [6, 6.07) is 14.5. The summed E-state index contributed by atoms with van der Waals surface area (Å²) in [4.78, 5) is 39.8. The lowest BCUT2D eigenvalue weighted by atomic mass is 9.93. The Kier molecular flexibility index (Phi) is 4.66. The van der Waals surface area contributed by atoms with Crippen LogP contribution in [0.2, 0.25) is 0 Å². The van der Waals surface area contributed by atoms with Crippen LogP contribution >= 0.6 is 0 Å². The fourth-order valence-electron chi connectivity index (χ4n) is 3.84. The number of aryl methyl sites for hydroxylation is 1. The smallest absolute Gasteiger partial charge is 0.261 e. The molecular weight excluding hydrogens is 394 g/mol. The molecule has 154 valence electrons. The molecule has 0 radical (unpaired) electrons. The van der Waals surface area contributed by atoms with Crippen LogP contribution in [0.3, 0.4) is 0 Å². The van der Waals surface area contributed by atoms with Crippen molar-refractivity contribution in [3.05, 3.63) is 93.3 Å². The second kappa shape index (κ2) is 7.64. The molecule has 3 heterocycles. The Morgan fingerprint density at radius 1 is 1.06 bits per heavy atom. The number of amides is 1. The first kappa shape index (κ1) is 18.9. The summed E-state index contributed by atoms with van der Waals surface area (Å²) < 4.78 is 1.93. The zero-order valence-electron chi connectivity index (χ0n) is 16.6. The van der Waals surface area contributed by atoms with E-state index in [0.29, 0.717) is 42.6 Å². The van der Waals surface area contributed by atoms with Gasteiger partial charge in [0, 0.05) is 36.0 Å². The number of anilines is 1. The molecule has 0 spiro atoms. The highest BCUT2D eigenvalue weighted by Crippen LogP contribution is 2.19. The zero-order valence-corrected chi connectivity index (χ0v) is 16.6. The Balaban J connectivity index is 1.33. The Labute approximate surface area is 177 Å².